The number of nitrogen functional groups attached to an aromatic ring is 1. The Balaban J connectivity index is 2.69. The number of nitrogens with two attached hydrogens (primary N) is 1. The van der Waals surface area contributed by atoms with Crippen molar-refractivity contribution >= 4 is 23.2 Å². The largest absolute Gasteiger partial charge is 0.479 e. The van der Waals surface area contributed by atoms with Crippen LogP contribution < -0.4 is 15.8 Å². The quantitative estimate of drug-likeness (QED) is 0.817. The minimum absolute atomic E-state index is 0.167. The Labute approximate surface area is 119 Å². The molecule has 1 rings (SSSR count). The number of ether oxygens (including phenoxy) is 1. The van der Waals surface area contributed by atoms with E-state index in [0.717, 1.165) is 6.42 Å². The summed E-state index contributed by atoms with van der Waals surface area (Å²) in [5.74, 6) is 0.285. The Hall–Kier alpha value is -1.42. The first-order chi connectivity index (χ1) is 8.75. The number of anilines is 1. The summed E-state index contributed by atoms with van der Waals surface area (Å²) < 4.78 is 5.55. The summed E-state index contributed by atoms with van der Waals surface area (Å²) in [5.41, 5.74) is 5.91. The predicted molar refractivity (Wildman–Crippen MR) is 78.5 cm³/mol. The molecule has 0 aliphatic carbocycles. The number of hydrogen-bond donors (Lipinski definition) is 2. The highest BCUT2D eigenvalue weighted by molar-refractivity contribution is 6.32. The maximum atomic E-state index is 12.0. The highest BCUT2D eigenvalue weighted by Gasteiger charge is 2.23. The Kier molecular flexibility index (Phi) is 5.06. The normalized spacial score (nSPS) is 12.9. The molecule has 0 radical (unpaired) electrons. The second-order valence-electron chi connectivity index (χ2n) is 5.18. The van der Waals surface area contributed by atoms with Crippen molar-refractivity contribution in [3.8, 4) is 5.75 Å². The minimum atomic E-state index is -0.619. The van der Waals surface area contributed by atoms with Gasteiger partial charge in [-0.15, -0.1) is 0 Å². The van der Waals surface area contributed by atoms with E-state index in [-0.39, 0.29) is 11.4 Å². The molecule has 106 valence electrons. The first-order valence-corrected chi connectivity index (χ1v) is 6.66. The summed E-state index contributed by atoms with van der Waals surface area (Å²) in [6.45, 7) is 7.64. The second-order valence-corrected chi connectivity index (χ2v) is 5.58. The number of nitrogens with one attached hydrogen (secondary N) is 1. The average molecular weight is 285 g/mol. The van der Waals surface area contributed by atoms with Crippen molar-refractivity contribution in [1.82, 2.24) is 5.32 Å². The third-order valence-corrected chi connectivity index (χ3v) is 3.27. The predicted octanol–water partition coefficient (Wildman–Crippen LogP) is 2.99. The molecule has 0 saturated heterocycles. The van der Waals surface area contributed by atoms with E-state index < -0.39 is 6.10 Å². The molecule has 1 aromatic rings. The average Bonchev–Trinajstić information content (AvgIpc) is 2.32. The molecule has 1 aromatic carbocycles. The van der Waals surface area contributed by atoms with Crippen LogP contribution in [0.5, 0.6) is 5.75 Å². The number of carbonyl (C=O) groups is 1. The van der Waals surface area contributed by atoms with Crippen molar-refractivity contribution in [2.24, 2.45) is 0 Å². The van der Waals surface area contributed by atoms with E-state index in [4.69, 9.17) is 22.1 Å². The summed E-state index contributed by atoms with van der Waals surface area (Å²) >= 11 is 6.00. The van der Waals surface area contributed by atoms with Crippen molar-refractivity contribution in [1.29, 1.82) is 0 Å². The maximum Gasteiger partial charge on any atom is 0.261 e. The first-order valence-electron chi connectivity index (χ1n) is 6.29. The lowest BCUT2D eigenvalue weighted by atomic mass is 10.0. The highest BCUT2D eigenvalue weighted by Crippen LogP contribution is 2.27. The molecule has 5 heteroatoms. The van der Waals surface area contributed by atoms with E-state index in [1.807, 2.05) is 20.8 Å². The molecule has 0 heterocycles. The van der Waals surface area contributed by atoms with Crippen molar-refractivity contribution in [3.63, 3.8) is 0 Å². The zero-order valence-electron chi connectivity index (χ0n) is 11.8. The standard InChI is InChI=1S/C14H21ClN2O2/c1-5-14(3,4)17-13(18)9(2)19-12-7-6-10(16)8-11(12)15/h6-9H,5,16H2,1-4H3,(H,17,18). The topological polar surface area (TPSA) is 64.3 Å². The van der Waals surface area contributed by atoms with Gasteiger partial charge in [-0.2, -0.15) is 0 Å². The van der Waals surface area contributed by atoms with Crippen LogP contribution in [0.15, 0.2) is 18.2 Å². The second kappa shape index (κ2) is 6.15. The van der Waals surface area contributed by atoms with Crippen LogP contribution in [0.3, 0.4) is 0 Å². The molecule has 0 fully saturated rings. The molecule has 1 amide bonds. The van der Waals surface area contributed by atoms with E-state index in [1.54, 1.807) is 25.1 Å². The van der Waals surface area contributed by atoms with Gasteiger partial charge in [-0.05, 0) is 45.4 Å². The van der Waals surface area contributed by atoms with Crippen LogP contribution in [-0.4, -0.2) is 17.6 Å². The zero-order chi connectivity index (χ0) is 14.6. The number of benzene rings is 1. The van der Waals surface area contributed by atoms with Gasteiger partial charge in [0.1, 0.15) is 5.75 Å². The van der Waals surface area contributed by atoms with Gasteiger partial charge in [0.15, 0.2) is 6.10 Å². The molecule has 19 heavy (non-hydrogen) atoms. The fraction of sp³-hybridized carbons (Fsp3) is 0.500. The van der Waals surface area contributed by atoms with Crippen LogP contribution in [0, 0.1) is 0 Å². The van der Waals surface area contributed by atoms with E-state index in [0.29, 0.717) is 16.5 Å². The molecule has 0 spiro atoms. The van der Waals surface area contributed by atoms with Gasteiger partial charge in [0.25, 0.3) is 5.91 Å². The monoisotopic (exact) mass is 284 g/mol. The number of rotatable bonds is 5. The van der Waals surface area contributed by atoms with Gasteiger partial charge in [0, 0.05) is 11.2 Å². The number of halogens is 1. The van der Waals surface area contributed by atoms with Gasteiger partial charge >= 0.3 is 0 Å². The smallest absolute Gasteiger partial charge is 0.261 e. The van der Waals surface area contributed by atoms with Crippen molar-refractivity contribution in [3.05, 3.63) is 23.2 Å². The third kappa shape index (κ3) is 4.63. The van der Waals surface area contributed by atoms with Crippen LogP contribution in [-0.2, 0) is 4.79 Å². The van der Waals surface area contributed by atoms with E-state index in [2.05, 4.69) is 5.32 Å². The number of hydrogen-bond acceptors (Lipinski definition) is 3. The zero-order valence-corrected chi connectivity index (χ0v) is 12.5. The molecular formula is C14H21ClN2O2. The summed E-state index contributed by atoms with van der Waals surface area (Å²) in [5, 5.41) is 3.32. The summed E-state index contributed by atoms with van der Waals surface area (Å²) in [4.78, 5) is 12.0. The van der Waals surface area contributed by atoms with Crippen molar-refractivity contribution in [2.45, 2.75) is 45.8 Å². The fourth-order valence-corrected chi connectivity index (χ4v) is 1.61. The van der Waals surface area contributed by atoms with Gasteiger partial charge < -0.3 is 15.8 Å². The number of carbonyl (C=O) groups excluding carboxylic acids is 1. The Bertz CT molecular complexity index is 461. The highest BCUT2D eigenvalue weighted by atomic mass is 35.5. The fourth-order valence-electron chi connectivity index (χ4n) is 1.38. The van der Waals surface area contributed by atoms with Gasteiger partial charge in [-0.3, -0.25) is 4.79 Å². The SMILES string of the molecule is CCC(C)(C)NC(=O)C(C)Oc1ccc(N)cc1Cl. The van der Waals surface area contributed by atoms with E-state index >= 15 is 0 Å². The summed E-state index contributed by atoms with van der Waals surface area (Å²) in [7, 11) is 0. The number of amides is 1. The van der Waals surface area contributed by atoms with Crippen LogP contribution in [0.1, 0.15) is 34.1 Å². The lowest BCUT2D eigenvalue weighted by Gasteiger charge is -2.26. The Morgan fingerprint density at radius 1 is 1.53 bits per heavy atom. The van der Waals surface area contributed by atoms with Crippen LogP contribution in [0.25, 0.3) is 0 Å². The van der Waals surface area contributed by atoms with Gasteiger partial charge in [0.2, 0.25) is 0 Å². The van der Waals surface area contributed by atoms with Gasteiger partial charge in [-0.25, -0.2) is 0 Å². The molecule has 4 nitrogen and oxygen atoms in total. The van der Waals surface area contributed by atoms with Crippen LogP contribution >= 0.6 is 11.6 Å². The van der Waals surface area contributed by atoms with E-state index in [9.17, 15) is 4.79 Å². The molecule has 3 N–H and O–H groups in total. The third-order valence-electron chi connectivity index (χ3n) is 2.97. The first kappa shape index (κ1) is 15.6. The van der Waals surface area contributed by atoms with Crippen molar-refractivity contribution in [2.75, 3.05) is 5.73 Å². The Morgan fingerprint density at radius 2 is 2.16 bits per heavy atom. The summed E-state index contributed by atoms with van der Waals surface area (Å²) in [6.07, 6.45) is 0.223. The molecule has 0 saturated carbocycles. The molecule has 1 atom stereocenters. The van der Waals surface area contributed by atoms with Crippen molar-refractivity contribution < 1.29 is 9.53 Å². The van der Waals surface area contributed by atoms with Gasteiger partial charge in [-0.1, -0.05) is 18.5 Å². The molecular weight excluding hydrogens is 264 g/mol. The molecule has 1 unspecified atom stereocenters. The Morgan fingerprint density at radius 3 is 2.68 bits per heavy atom. The van der Waals surface area contributed by atoms with Crippen LogP contribution in [0.4, 0.5) is 5.69 Å². The molecule has 0 aliphatic heterocycles. The lowest BCUT2D eigenvalue weighted by Crippen LogP contribution is -2.48. The van der Waals surface area contributed by atoms with E-state index in [1.165, 1.54) is 0 Å². The maximum absolute atomic E-state index is 12.0. The summed E-state index contributed by atoms with van der Waals surface area (Å²) in [6, 6.07) is 4.94. The minimum Gasteiger partial charge on any atom is -0.479 e. The lowest BCUT2D eigenvalue weighted by molar-refractivity contribution is -0.128. The van der Waals surface area contributed by atoms with Gasteiger partial charge in [0.05, 0.1) is 5.02 Å². The molecule has 0 bridgehead atoms. The molecule has 0 aromatic heterocycles. The molecule has 0 aliphatic rings. The van der Waals surface area contributed by atoms with Crippen LogP contribution in [0.2, 0.25) is 5.02 Å².